The van der Waals surface area contributed by atoms with E-state index in [-0.39, 0.29) is 17.7 Å². The number of rotatable bonds is 3. The molecule has 1 aliphatic rings. The first-order valence-corrected chi connectivity index (χ1v) is 8.53. The lowest BCUT2D eigenvalue weighted by atomic mass is 10.0. The molecule has 2 aromatic carbocycles. The number of benzene rings is 2. The third kappa shape index (κ3) is 3.36. The Labute approximate surface area is 145 Å². The summed E-state index contributed by atoms with van der Waals surface area (Å²) in [5.41, 5.74) is 2.21. The lowest BCUT2D eigenvalue weighted by Gasteiger charge is -2.34. The molecule has 1 N–H and O–H groups in total. The molecule has 3 aromatic rings. The summed E-state index contributed by atoms with van der Waals surface area (Å²) in [6, 6.07) is 16.4. The Balaban J connectivity index is 1.46. The normalized spacial score (nSPS) is 15.5. The summed E-state index contributed by atoms with van der Waals surface area (Å²) in [7, 11) is 0. The summed E-state index contributed by atoms with van der Waals surface area (Å²) in [5, 5.41) is 16.7. The highest BCUT2D eigenvalue weighted by molar-refractivity contribution is 5.83. The number of pyridine rings is 1. The SMILES string of the molecule is [O]c1nc2ccccc2cc1N1CCC(Nc2cccc(F)c2)CC1. The van der Waals surface area contributed by atoms with Crippen molar-refractivity contribution in [2.24, 2.45) is 0 Å². The van der Waals surface area contributed by atoms with Crippen LogP contribution in [0.2, 0.25) is 0 Å². The summed E-state index contributed by atoms with van der Waals surface area (Å²) in [6.07, 6.45) is 1.78. The summed E-state index contributed by atoms with van der Waals surface area (Å²) in [6.45, 7) is 1.56. The number of para-hydroxylation sites is 1. The molecule has 0 aliphatic carbocycles. The fraction of sp³-hybridized carbons (Fsp3) is 0.250. The lowest BCUT2D eigenvalue weighted by Crippen LogP contribution is -2.39. The largest absolute Gasteiger partial charge is 0.382 e. The average Bonchev–Trinajstić information content (AvgIpc) is 2.62. The maximum absolute atomic E-state index is 13.3. The van der Waals surface area contributed by atoms with Gasteiger partial charge in [0.1, 0.15) is 11.5 Å². The van der Waals surface area contributed by atoms with Crippen molar-refractivity contribution in [3.05, 3.63) is 60.4 Å². The Morgan fingerprint density at radius 1 is 1.04 bits per heavy atom. The molecule has 4 rings (SSSR count). The monoisotopic (exact) mass is 336 g/mol. The third-order valence-electron chi connectivity index (χ3n) is 4.70. The Bertz CT molecular complexity index is 891. The molecule has 4 nitrogen and oxygen atoms in total. The van der Waals surface area contributed by atoms with Gasteiger partial charge in [0.15, 0.2) is 0 Å². The molecule has 1 aromatic heterocycles. The number of nitrogens with zero attached hydrogens (tertiary/aromatic N) is 2. The van der Waals surface area contributed by atoms with E-state index in [1.807, 2.05) is 36.4 Å². The van der Waals surface area contributed by atoms with Gasteiger partial charge in [-0.2, -0.15) is 0 Å². The third-order valence-corrected chi connectivity index (χ3v) is 4.70. The molecule has 1 saturated heterocycles. The second kappa shape index (κ2) is 6.59. The van der Waals surface area contributed by atoms with Crippen LogP contribution in [-0.4, -0.2) is 24.1 Å². The molecular weight excluding hydrogens is 317 g/mol. The van der Waals surface area contributed by atoms with E-state index in [1.54, 1.807) is 6.07 Å². The Kier molecular flexibility index (Phi) is 4.14. The quantitative estimate of drug-likeness (QED) is 0.760. The number of hydrogen-bond donors (Lipinski definition) is 1. The Morgan fingerprint density at radius 2 is 1.84 bits per heavy atom. The predicted molar refractivity (Wildman–Crippen MR) is 97.1 cm³/mol. The van der Waals surface area contributed by atoms with Gasteiger partial charge in [0.25, 0.3) is 5.88 Å². The molecule has 1 aliphatic heterocycles. The van der Waals surface area contributed by atoms with Gasteiger partial charge in [-0.05, 0) is 43.2 Å². The fourth-order valence-electron chi connectivity index (χ4n) is 3.39. The van der Waals surface area contributed by atoms with Crippen LogP contribution < -0.4 is 10.2 Å². The van der Waals surface area contributed by atoms with Crippen LogP contribution in [0.5, 0.6) is 5.88 Å². The van der Waals surface area contributed by atoms with Crippen molar-refractivity contribution in [2.45, 2.75) is 18.9 Å². The van der Waals surface area contributed by atoms with Gasteiger partial charge in [-0.1, -0.05) is 24.3 Å². The van der Waals surface area contributed by atoms with Gasteiger partial charge in [-0.3, -0.25) is 5.11 Å². The van der Waals surface area contributed by atoms with E-state index in [4.69, 9.17) is 0 Å². The van der Waals surface area contributed by atoms with E-state index in [1.165, 1.54) is 12.1 Å². The highest BCUT2D eigenvalue weighted by atomic mass is 19.1. The van der Waals surface area contributed by atoms with Gasteiger partial charge >= 0.3 is 0 Å². The Hall–Kier alpha value is -2.82. The number of fused-ring (bicyclic) bond motifs is 1. The van der Waals surface area contributed by atoms with E-state index in [2.05, 4.69) is 15.2 Å². The van der Waals surface area contributed by atoms with Crippen LogP contribution >= 0.6 is 0 Å². The van der Waals surface area contributed by atoms with Crippen molar-refractivity contribution in [1.82, 2.24) is 4.98 Å². The van der Waals surface area contributed by atoms with Crippen LogP contribution in [0, 0.1) is 5.82 Å². The van der Waals surface area contributed by atoms with Crippen molar-refractivity contribution < 1.29 is 9.50 Å². The zero-order valence-corrected chi connectivity index (χ0v) is 13.8. The molecule has 0 amide bonds. The minimum absolute atomic E-state index is 0.171. The Morgan fingerprint density at radius 3 is 2.64 bits per heavy atom. The molecule has 1 fully saturated rings. The lowest BCUT2D eigenvalue weighted by molar-refractivity contribution is 0.338. The van der Waals surface area contributed by atoms with Crippen LogP contribution in [0.4, 0.5) is 15.8 Å². The summed E-state index contributed by atoms with van der Waals surface area (Å²) in [4.78, 5) is 6.30. The summed E-state index contributed by atoms with van der Waals surface area (Å²) in [5.74, 6) is -0.407. The number of piperidine rings is 1. The molecule has 25 heavy (non-hydrogen) atoms. The van der Waals surface area contributed by atoms with E-state index in [0.29, 0.717) is 5.69 Å². The highest BCUT2D eigenvalue weighted by Crippen LogP contribution is 2.32. The zero-order valence-electron chi connectivity index (χ0n) is 13.8. The summed E-state index contributed by atoms with van der Waals surface area (Å²) < 4.78 is 13.3. The molecule has 5 heteroatoms. The van der Waals surface area contributed by atoms with Crippen LogP contribution in [-0.2, 0) is 5.11 Å². The second-order valence-corrected chi connectivity index (χ2v) is 6.42. The predicted octanol–water partition coefficient (Wildman–Crippen LogP) is 4.60. The number of aromatic nitrogens is 1. The minimum atomic E-state index is -0.235. The van der Waals surface area contributed by atoms with Crippen LogP contribution in [0.15, 0.2) is 54.6 Å². The fourth-order valence-corrected chi connectivity index (χ4v) is 3.39. The van der Waals surface area contributed by atoms with Crippen molar-refractivity contribution in [2.75, 3.05) is 23.3 Å². The molecule has 0 unspecified atom stereocenters. The standard InChI is InChI=1S/C20H19FN3O/c21-15-5-3-6-17(13-15)22-16-8-10-24(11-9-16)19-12-14-4-1-2-7-18(14)23-20(19)25/h1-7,12-13,16,22H,8-11H2. The van der Waals surface area contributed by atoms with Gasteiger partial charge in [-0.25, -0.2) is 9.37 Å². The van der Waals surface area contributed by atoms with Crippen LogP contribution in [0.1, 0.15) is 12.8 Å². The average molecular weight is 336 g/mol. The second-order valence-electron chi connectivity index (χ2n) is 6.42. The highest BCUT2D eigenvalue weighted by Gasteiger charge is 2.22. The van der Waals surface area contributed by atoms with Crippen molar-refractivity contribution >= 4 is 22.3 Å². The van der Waals surface area contributed by atoms with Gasteiger partial charge in [0.2, 0.25) is 0 Å². The van der Waals surface area contributed by atoms with E-state index < -0.39 is 0 Å². The molecule has 0 atom stereocenters. The van der Waals surface area contributed by atoms with Crippen molar-refractivity contribution in [3.63, 3.8) is 0 Å². The first kappa shape index (κ1) is 15.7. The summed E-state index contributed by atoms with van der Waals surface area (Å²) >= 11 is 0. The first-order chi connectivity index (χ1) is 12.2. The van der Waals surface area contributed by atoms with Gasteiger partial charge in [-0.15, -0.1) is 0 Å². The molecule has 127 valence electrons. The van der Waals surface area contributed by atoms with E-state index in [9.17, 15) is 9.50 Å². The molecule has 0 saturated carbocycles. The number of anilines is 2. The maximum atomic E-state index is 13.3. The van der Waals surface area contributed by atoms with Crippen LogP contribution in [0.25, 0.3) is 10.9 Å². The van der Waals surface area contributed by atoms with Crippen molar-refractivity contribution in [1.29, 1.82) is 0 Å². The molecule has 2 heterocycles. The molecular formula is C20H19FN3O. The topological polar surface area (TPSA) is 48.1 Å². The van der Waals surface area contributed by atoms with Gasteiger partial charge in [0.05, 0.1) is 5.52 Å². The zero-order chi connectivity index (χ0) is 17.2. The van der Waals surface area contributed by atoms with Gasteiger partial charge < -0.3 is 10.2 Å². The minimum Gasteiger partial charge on any atom is -0.382 e. The number of hydrogen-bond acceptors (Lipinski definition) is 3. The maximum Gasteiger partial charge on any atom is 0.293 e. The van der Waals surface area contributed by atoms with E-state index in [0.717, 1.165) is 42.5 Å². The van der Waals surface area contributed by atoms with Crippen LogP contribution in [0.3, 0.4) is 0 Å². The van der Waals surface area contributed by atoms with E-state index >= 15 is 0 Å². The number of halogens is 1. The smallest absolute Gasteiger partial charge is 0.293 e. The number of nitrogens with one attached hydrogen (secondary N) is 1. The molecule has 0 bridgehead atoms. The first-order valence-electron chi connectivity index (χ1n) is 8.53. The molecule has 1 radical (unpaired) electrons. The molecule has 0 spiro atoms. The van der Waals surface area contributed by atoms with Gasteiger partial charge in [0, 0.05) is 30.2 Å². The van der Waals surface area contributed by atoms with Crippen molar-refractivity contribution in [3.8, 4) is 5.88 Å².